The molecule has 0 aliphatic carbocycles. The lowest BCUT2D eigenvalue weighted by atomic mass is 10.1. The van der Waals surface area contributed by atoms with Crippen LogP contribution in [0.15, 0.2) is 65.3 Å². The summed E-state index contributed by atoms with van der Waals surface area (Å²) in [5, 5.41) is 3.31. The van der Waals surface area contributed by atoms with Gasteiger partial charge < -0.3 is 19.5 Å². The number of benzene rings is 2. The molecule has 1 atom stereocenters. The van der Waals surface area contributed by atoms with Crippen molar-refractivity contribution in [2.75, 3.05) is 24.3 Å². The van der Waals surface area contributed by atoms with E-state index in [1.54, 1.807) is 41.3 Å². The highest BCUT2D eigenvalue weighted by molar-refractivity contribution is 6.34. The summed E-state index contributed by atoms with van der Waals surface area (Å²) in [6.45, 7) is 4.43. The normalized spacial score (nSPS) is 11.7. The van der Waals surface area contributed by atoms with Crippen LogP contribution < -0.4 is 10.2 Å². The fourth-order valence-corrected chi connectivity index (χ4v) is 3.67. The number of nitrogens with one attached hydrogen (secondary N) is 1. The molecule has 0 fully saturated rings. The van der Waals surface area contributed by atoms with Crippen LogP contribution in [0.2, 0.25) is 5.02 Å². The summed E-state index contributed by atoms with van der Waals surface area (Å²) in [6, 6.07) is 16.0. The highest BCUT2D eigenvalue weighted by Crippen LogP contribution is 2.27. The molecule has 7 heteroatoms. The Morgan fingerprint density at radius 1 is 1.09 bits per heavy atom. The second kappa shape index (κ2) is 10.4. The van der Waals surface area contributed by atoms with Crippen molar-refractivity contribution in [3.05, 3.63) is 82.8 Å². The minimum atomic E-state index is -0.287. The van der Waals surface area contributed by atoms with Crippen LogP contribution in [0.4, 0.5) is 11.4 Å². The summed E-state index contributed by atoms with van der Waals surface area (Å²) < 4.78 is 5.35. The van der Waals surface area contributed by atoms with E-state index in [1.165, 1.54) is 6.26 Å². The van der Waals surface area contributed by atoms with E-state index < -0.39 is 0 Å². The van der Waals surface area contributed by atoms with Gasteiger partial charge in [-0.25, -0.2) is 0 Å². The molecular weight excluding hydrogens is 426 g/mol. The van der Waals surface area contributed by atoms with Crippen LogP contribution in [0.1, 0.15) is 46.7 Å². The monoisotopic (exact) mass is 453 g/mol. The molecule has 0 saturated heterocycles. The smallest absolute Gasteiger partial charge is 0.290 e. The third-order valence-corrected chi connectivity index (χ3v) is 5.72. The van der Waals surface area contributed by atoms with Crippen LogP contribution in [-0.4, -0.2) is 36.9 Å². The third-order valence-electron chi connectivity index (χ3n) is 5.39. The standard InChI is InChI=1S/C25H28ClN3O3/c1-5-17(2)29(25(31)23-11-8-14-32-23)16-18-15-19(12-13-22(18)28(3)4)27-24(30)20-9-6-7-10-21(20)26/h6-15,17H,5,16H2,1-4H3,(H,27,30). The summed E-state index contributed by atoms with van der Waals surface area (Å²) in [6.07, 6.45) is 2.30. The maximum absolute atomic E-state index is 13.1. The van der Waals surface area contributed by atoms with Crippen LogP contribution in [0.5, 0.6) is 0 Å². The number of anilines is 2. The molecule has 0 aliphatic heterocycles. The first-order chi connectivity index (χ1) is 15.3. The van der Waals surface area contributed by atoms with E-state index in [0.717, 1.165) is 17.7 Å². The van der Waals surface area contributed by atoms with Crippen LogP contribution >= 0.6 is 11.6 Å². The van der Waals surface area contributed by atoms with Gasteiger partial charge in [0.25, 0.3) is 11.8 Å². The Labute approximate surface area is 193 Å². The van der Waals surface area contributed by atoms with E-state index in [2.05, 4.69) is 5.32 Å². The Hall–Kier alpha value is -3.25. The van der Waals surface area contributed by atoms with Crippen LogP contribution in [0, 0.1) is 0 Å². The Balaban J connectivity index is 1.92. The van der Waals surface area contributed by atoms with Gasteiger partial charge >= 0.3 is 0 Å². The molecule has 32 heavy (non-hydrogen) atoms. The zero-order valence-corrected chi connectivity index (χ0v) is 19.5. The lowest BCUT2D eigenvalue weighted by molar-refractivity contribution is 0.0639. The van der Waals surface area contributed by atoms with Crippen molar-refractivity contribution in [2.45, 2.75) is 32.9 Å². The molecule has 168 valence electrons. The predicted octanol–water partition coefficient (Wildman–Crippen LogP) is 5.69. The zero-order chi connectivity index (χ0) is 23.3. The molecule has 2 amide bonds. The van der Waals surface area contributed by atoms with Crippen molar-refractivity contribution in [1.29, 1.82) is 0 Å². The maximum atomic E-state index is 13.1. The molecule has 0 saturated carbocycles. The lowest BCUT2D eigenvalue weighted by Gasteiger charge is -2.30. The zero-order valence-electron chi connectivity index (χ0n) is 18.8. The average Bonchev–Trinajstić information content (AvgIpc) is 3.31. The van der Waals surface area contributed by atoms with Gasteiger partial charge in [-0.05, 0) is 61.4 Å². The lowest BCUT2D eigenvalue weighted by Crippen LogP contribution is -2.38. The average molecular weight is 454 g/mol. The summed E-state index contributed by atoms with van der Waals surface area (Å²) in [5.41, 5.74) is 2.90. The maximum Gasteiger partial charge on any atom is 0.290 e. The Kier molecular flexibility index (Phi) is 7.59. The SMILES string of the molecule is CCC(C)N(Cc1cc(NC(=O)c2ccccc2Cl)ccc1N(C)C)C(=O)c1ccco1. The first-order valence-corrected chi connectivity index (χ1v) is 10.9. The molecule has 1 aromatic heterocycles. The Morgan fingerprint density at radius 2 is 1.84 bits per heavy atom. The van der Waals surface area contributed by atoms with E-state index in [0.29, 0.717) is 28.6 Å². The van der Waals surface area contributed by atoms with Gasteiger partial charge in [0.15, 0.2) is 5.76 Å². The summed E-state index contributed by atoms with van der Waals surface area (Å²) in [7, 11) is 3.89. The molecule has 2 aromatic carbocycles. The van der Waals surface area contributed by atoms with Gasteiger partial charge in [-0.15, -0.1) is 0 Å². The number of amides is 2. The van der Waals surface area contributed by atoms with Crippen molar-refractivity contribution in [1.82, 2.24) is 4.90 Å². The van der Waals surface area contributed by atoms with Gasteiger partial charge in [-0.3, -0.25) is 9.59 Å². The van der Waals surface area contributed by atoms with Crippen LogP contribution in [0.25, 0.3) is 0 Å². The molecule has 1 heterocycles. The van der Waals surface area contributed by atoms with Gasteiger partial charge in [0, 0.05) is 38.1 Å². The first-order valence-electron chi connectivity index (χ1n) is 10.5. The third kappa shape index (κ3) is 5.32. The van der Waals surface area contributed by atoms with Gasteiger partial charge in [-0.2, -0.15) is 0 Å². The minimum Gasteiger partial charge on any atom is -0.459 e. The van der Waals surface area contributed by atoms with E-state index in [-0.39, 0.29) is 17.9 Å². The van der Waals surface area contributed by atoms with E-state index in [4.69, 9.17) is 16.0 Å². The number of furan rings is 1. The number of nitrogens with zero attached hydrogens (tertiary/aromatic N) is 2. The van der Waals surface area contributed by atoms with E-state index >= 15 is 0 Å². The predicted molar refractivity (Wildman–Crippen MR) is 129 cm³/mol. The van der Waals surface area contributed by atoms with Crippen molar-refractivity contribution in [2.24, 2.45) is 0 Å². The second-order valence-corrected chi connectivity index (χ2v) is 8.25. The van der Waals surface area contributed by atoms with Gasteiger partial charge in [0.1, 0.15) is 0 Å². The largest absolute Gasteiger partial charge is 0.459 e. The van der Waals surface area contributed by atoms with Gasteiger partial charge in [-0.1, -0.05) is 30.7 Å². The number of carbonyl (C=O) groups is 2. The number of hydrogen-bond acceptors (Lipinski definition) is 4. The van der Waals surface area contributed by atoms with Crippen LogP contribution in [0.3, 0.4) is 0 Å². The molecular formula is C25H28ClN3O3. The second-order valence-electron chi connectivity index (χ2n) is 7.84. The minimum absolute atomic E-state index is 0.00369. The molecule has 0 spiro atoms. The topological polar surface area (TPSA) is 65.8 Å². The number of carbonyl (C=O) groups excluding carboxylic acids is 2. The fraction of sp³-hybridized carbons (Fsp3) is 0.280. The van der Waals surface area contributed by atoms with Crippen molar-refractivity contribution in [3.8, 4) is 0 Å². The number of hydrogen-bond donors (Lipinski definition) is 1. The van der Waals surface area contributed by atoms with Crippen molar-refractivity contribution >= 4 is 34.8 Å². The van der Waals surface area contributed by atoms with Gasteiger partial charge in [0.05, 0.1) is 16.8 Å². The molecule has 3 aromatic rings. The van der Waals surface area contributed by atoms with Crippen molar-refractivity contribution < 1.29 is 14.0 Å². The van der Waals surface area contributed by atoms with Crippen LogP contribution in [-0.2, 0) is 6.54 Å². The molecule has 1 N–H and O–H groups in total. The summed E-state index contributed by atoms with van der Waals surface area (Å²) >= 11 is 6.17. The molecule has 1 unspecified atom stereocenters. The highest BCUT2D eigenvalue weighted by atomic mass is 35.5. The first kappa shape index (κ1) is 23.4. The number of halogens is 1. The molecule has 0 radical (unpaired) electrons. The summed E-state index contributed by atoms with van der Waals surface area (Å²) in [5.74, 6) is -0.149. The Bertz CT molecular complexity index is 1080. The van der Waals surface area contributed by atoms with E-state index in [9.17, 15) is 9.59 Å². The number of rotatable bonds is 8. The molecule has 6 nitrogen and oxygen atoms in total. The highest BCUT2D eigenvalue weighted by Gasteiger charge is 2.24. The fourth-order valence-electron chi connectivity index (χ4n) is 3.44. The summed E-state index contributed by atoms with van der Waals surface area (Å²) in [4.78, 5) is 29.6. The molecule has 0 bridgehead atoms. The molecule has 3 rings (SSSR count). The Morgan fingerprint density at radius 3 is 2.47 bits per heavy atom. The molecule has 0 aliphatic rings. The van der Waals surface area contributed by atoms with Gasteiger partial charge in [0.2, 0.25) is 0 Å². The van der Waals surface area contributed by atoms with E-state index in [1.807, 2.05) is 51.0 Å². The van der Waals surface area contributed by atoms with Crippen molar-refractivity contribution in [3.63, 3.8) is 0 Å². The quantitative estimate of drug-likeness (QED) is 0.475.